The van der Waals surface area contributed by atoms with Gasteiger partial charge in [0.1, 0.15) is 5.75 Å². The largest absolute Gasteiger partial charge is 0.497 e. The van der Waals surface area contributed by atoms with Crippen LogP contribution in [0.4, 0.5) is 17.1 Å². The zero-order valence-electron chi connectivity index (χ0n) is 23.8. The number of nitrogens with one attached hydrogen (secondary N) is 1. The Labute approximate surface area is 227 Å². The lowest BCUT2D eigenvalue weighted by molar-refractivity contribution is 0.0600. The SMILES string of the molecule is CCCN1c2ccc(OC)cc2NC(c2ccc(C(=O)OC)cc2)c2cc3c(cc21)C(C)(C)CCC3(C)C. The van der Waals surface area contributed by atoms with Crippen LogP contribution < -0.4 is 15.0 Å². The highest BCUT2D eigenvalue weighted by Crippen LogP contribution is 2.52. The number of carbonyl (C=O) groups is 1. The number of benzene rings is 3. The Balaban J connectivity index is 1.78. The van der Waals surface area contributed by atoms with E-state index in [1.54, 1.807) is 7.11 Å². The van der Waals surface area contributed by atoms with E-state index < -0.39 is 0 Å². The van der Waals surface area contributed by atoms with Crippen molar-refractivity contribution in [2.45, 2.75) is 70.8 Å². The van der Waals surface area contributed by atoms with Crippen LogP contribution in [-0.4, -0.2) is 26.7 Å². The van der Waals surface area contributed by atoms with E-state index in [9.17, 15) is 4.79 Å². The summed E-state index contributed by atoms with van der Waals surface area (Å²) in [6.07, 6.45) is 3.35. The van der Waals surface area contributed by atoms with Crippen molar-refractivity contribution in [3.63, 3.8) is 0 Å². The van der Waals surface area contributed by atoms with Crippen LogP contribution in [0.5, 0.6) is 5.75 Å². The van der Waals surface area contributed by atoms with Gasteiger partial charge >= 0.3 is 5.97 Å². The zero-order valence-corrected chi connectivity index (χ0v) is 23.8. The minimum absolute atomic E-state index is 0.0944. The molecule has 1 aliphatic carbocycles. The predicted octanol–water partition coefficient (Wildman–Crippen LogP) is 7.89. The molecule has 2 aliphatic rings. The molecule has 0 fully saturated rings. The first-order valence-corrected chi connectivity index (χ1v) is 13.7. The second-order valence-corrected chi connectivity index (χ2v) is 12.0. The average Bonchev–Trinajstić information content (AvgIpc) is 3.04. The molecule has 1 heterocycles. The maximum Gasteiger partial charge on any atom is 0.337 e. The molecular weight excluding hydrogens is 472 g/mol. The molecule has 0 bridgehead atoms. The third-order valence-corrected chi connectivity index (χ3v) is 8.51. The number of carbonyl (C=O) groups excluding carboxylic acids is 1. The van der Waals surface area contributed by atoms with Crippen LogP contribution in [0, 0.1) is 0 Å². The van der Waals surface area contributed by atoms with E-state index in [2.05, 4.69) is 69.1 Å². The maximum atomic E-state index is 12.1. The van der Waals surface area contributed by atoms with E-state index in [4.69, 9.17) is 9.47 Å². The first-order chi connectivity index (χ1) is 18.1. The number of fused-ring (bicyclic) bond motifs is 3. The van der Waals surface area contributed by atoms with E-state index in [0.29, 0.717) is 5.56 Å². The van der Waals surface area contributed by atoms with Gasteiger partial charge in [-0.05, 0) is 77.1 Å². The number of methoxy groups -OCH3 is 2. The van der Waals surface area contributed by atoms with Crippen molar-refractivity contribution < 1.29 is 14.3 Å². The maximum absolute atomic E-state index is 12.1. The number of hydrogen-bond donors (Lipinski definition) is 1. The summed E-state index contributed by atoms with van der Waals surface area (Å²) in [5, 5.41) is 3.87. The summed E-state index contributed by atoms with van der Waals surface area (Å²) in [4.78, 5) is 14.6. The molecule has 1 atom stereocenters. The molecule has 1 N–H and O–H groups in total. The van der Waals surface area contributed by atoms with Crippen LogP contribution >= 0.6 is 0 Å². The molecule has 1 aliphatic heterocycles. The molecule has 3 aromatic carbocycles. The van der Waals surface area contributed by atoms with Crippen molar-refractivity contribution in [3.8, 4) is 5.75 Å². The summed E-state index contributed by atoms with van der Waals surface area (Å²) in [5.74, 6) is 0.494. The van der Waals surface area contributed by atoms with Crippen LogP contribution in [0.3, 0.4) is 0 Å². The van der Waals surface area contributed by atoms with E-state index in [1.165, 1.54) is 35.9 Å². The van der Waals surface area contributed by atoms with Gasteiger partial charge in [0.2, 0.25) is 0 Å². The number of esters is 1. The van der Waals surface area contributed by atoms with Crippen LogP contribution in [-0.2, 0) is 15.6 Å². The molecule has 1 unspecified atom stereocenters. The molecule has 5 heteroatoms. The Hall–Kier alpha value is -3.47. The molecule has 200 valence electrons. The summed E-state index contributed by atoms with van der Waals surface area (Å²) in [6, 6.07) is 18.9. The summed E-state index contributed by atoms with van der Waals surface area (Å²) in [5.41, 5.74) is 9.42. The fourth-order valence-corrected chi connectivity index (χ4v) is 6.10. The summed E-state index contributed by atoms with van der Waals surface area (Å²) in [7, 11) is 3.12. The molecule has 0 radical (unpaired) electrons. The van der Waals surface area contributed by atoms with Crippen molar-refractivity contribution >= 4 is 23.0 Å². The smallest absolute Gasteiger partial charge is 0.337 e. The van der Waals surface area contributed by atoms with Crippen LogP contribution in [0.1, 0.15) is 92.5 Å². The van der Waals surface area contributed by atoms with Crippen molar-refractivity contribution in [3.05, 3.63) is 82.4 Å². The van der Waals surface area contributed by atoms with E-state index >= 15 is 0 Å². The van der Waals surface area contributed by atoms with Gasteiger partial charge in [0.05, 0.1) is 37.2 Å². The lowest BCUT2D eigenvalue weighted by Gasteiger charge is -2.43. The van der Waals surface area contributed by atoms with Gasteiger partial charge in [-0.15, -0.1) is 0 Å². The number of anilines is 3. The zero-order chi connectivity index (χ0) is 27.2. The van der Waals surface area contributed by atoms with Crippen LogP contribution in [0.25, 0.3) is 0 Å². The number of nitrogens with zero attached hydrogens (tertiary/aromatic N) is 1. The molecule has 0 amide bonds. The highest BCUT2D eigenvalue weighted by molar-refractivity contribution is 5.89. The topological polar surface area (TPSA) is 50.8 Å². The molecule has 0 saturated carbocycles. The lowest BCUT2D eigenvalue weighted by atomic mass is 9.62. The quantitative estimate of drug-likeness (QED) is 0.352. The van der Waals surface area contributed by atoms with E-state index in [0.717, 1.165) is 42.1 Å². The van der Waals surface area contributed by atoms with E-state index in [1.807, 2.05) is 30.3 Å². The first-order valence-electron chi connectivity index (χ1n) is 13.7. The Morgan fingerprint density at radius 3 is 2.18 bits per heavy atom. The molecule has 5 rings (SSSR count). The summed E-state index contributed by atoms with van der Waals surface area (Å²) >= 11 is 0. The van der Waals surface area contributed by atoms with Crippen molar-refractivity contribution in [2.75, 3.05) is 31.0 Å². The highest BCUT2D eigenvalue weighted by atomic mass is 16.5. The average molecular weight is 513 g/mol. The summed E-state index contributed by atoms with van der Waals surface area (Å²) < 4.78 is 10.6. The van der Waals surface area contributed by atoms with Gasteiger partial charge in [0, 0.05) is 23.9 Å². The minimum atomic E-state index is -0.326. The Morgan fingerprint density at radius 1 is 0.921 bits per heavy atom. The fraction of sp³-hybridized carbons (Fsp3) is 0.424. The first kappa shape index (κ1) is 26.1. The van der Waals surface area contributed by atoms with E-state index in [-0.39, 0.29) is 22.8 Å². The Kier molecular flexibility index (Phi) is 6.66. The standard InChI is InChI=1S/C33H40N2O3/c1-8-17-35-28-14-13-23(37-6)18-27(28)34-30(21-9-11-22(12-10-21)31(36)38-7)24-19-25-26(20-29(24)35)33(4,5)16-15-32(25,2)3/h9-14,18-20,30,34H,8,15-17H2,1-7H3. The minimum Gasteiger partial charge on any atom is -0.497 e. The van der Waals surface area contributed by atoms with Gasteiger partial charge in [-0.1, -0.05) is 52.8 Å². The van der Waals surface area contributed by atoms with Gasteiger partial charge < -0.3 is 19.7 Å². The molecule has 0 aromatic heterocycles. The van der Waals surface area contributed by atoms with Gasteiger partial charge in [-0.3, -0.25) is 0 Å². The number of rotatable bonds is 5. The predicted molar refractivity (Wildman–Crippen MR) is 155 cm³/mol. The normalized spacial score (nSPS) is 18.8. The van der Waals surface area contributed by atoms with Gasteiger partial charge in [0.25, 0.3) is 0 Å². The number of hydrogen-bond acceptors (Lipinski definition) is 5. The van der Waals surface area contributed by atoms with Crippen LogP contribution in [0.2, 0.25) is 0 Å². The van der Waals surface area contributed by atoms with Gasteiger partial charge in [-0.2, -0.15) is 0 Å². The molecule has 38 heavy (non-hydrogen) atoms. The Bertz CT molecular complexity index is 1360. The molecule has 0 spiro atoms. The van der Waals surface area contributed by atoms with Crippen molar-refractivity contribution in [1.29, 1.82) is 0 Å². The summed E-state index contributed by atoms with van der Waals surface area (Å²) in [6.45, 7) is 12.7. The van der Waals surface area contributed by atoms with Gasteiger partial charge in [0.15, 0.2) is 0 Å². The molecule has 5 nitrogen and oxygen atoms in total. The second kappa shape index (κ2) is 9.68. The second-order valence-electron chi connectivity index (χ2n) is 12.0. The molecule has 3 aromatic rings. The van der Waals surface area contributed by atoms with Gasteiger partial charge in [-0.25, -0.2) is 4.79 Å². The number of ether oxygens (including phenoxy) is 2. The third-order valence-electron chi connectivity index (χ3n) is 8.51. The monoisotopic (exact) mass is 512 g/mol. The Morgan fingerprint density at radius 2 is 1.58 bits per heavy atom. The lowest BCUT2D eigenvalue weighted by Crippen LogP contribution is -2.34. The molecular formula is C33H40N2O3. The molecule has 0 saturated heterocycles. The van der Waals surface area contributed by atoms with Crippen molar-refractivity contribution in [1.82, 2.24) is 0 Å². The highest BCUT2D eigenvalue weighted by Gasteiger charge is 2.40. The fourth-order valence-electron chi connectivity index (χ4n) is 6.10. The van der Waals surface area contributed by atoms with Crippen molar-refractivity contribution in [2.24, 2.45) is 0 Å². The van der Waals surface area contributed by atoms with Crippen LogP contribution in [0.15, 0.2) is 54.6 Å². The third kappa shape index (κ3) is 4.42.